The molecule has 0 fully saturated rings. The Labute approximate surface area is 106 Å². The van der Waals surface area contributed by atoms with Crippen molar-refractivity contribution in [2.45, 2.75) is 5.16 Å². The molecule has 0 aliphatic heterocycles. The summed E-state index contributed by atoms with van der Waals surface area (Å²) in [6.45, 7) is 0. The normalized spacial score (nSPS) is 10.8. The number of H-pyrrole nitrogens is 1. The molecule has 0 amide bonds. The molecule has 0 saturated carbocycles. The van der Waals surface area contributed by atoms with Crippen LogP contribution in [-0.4, -0.2) is 15.9 Å². The molecule has 1 N–H and O–H groups in total. The van der Waals surface area contributed by atoms with Gasteiger partial charge in [0.2, 0.25) is 0 Å². The third kappa shape index (κ3) is 2.10. The van der Waals surface area contributed by atoms with Crippen LogP contribution < -0.4 is 10.4 Å². The number of hydrogen-bond donors (Lipinski definition) is 1. The highest BCUT2D eigenvalue weighted by atomic mass is 35.5. The summed E-state index contributed by atoms with van der Waals surface area (Å²) in [5.41, 5.74) is -0.210. The predicted octanol–water partition coefficient (Wildman–Crippen LogP) is 1.50. The van der Waals surface area contributed by atoms with E-state index in [0.717, 1.165) is 0 Å². The fraction of sp³-hybridized carbons (Fsp3) is 0.200. The third-order valence-electron chi connectivity index (χ3n) is 2.28. The number of nitrogens with zero attached hydrogens (tertiary/aromatic N) is 2. The van der Waals surface area contributed by atoms with Gasteiger partial charge in [-0.2, -0.15) is 5.10 Å². The van der Waals surface area contributed by atoms with Gasteiger partial charge in [-0.1, -0.05) is 11.6 Å². The van der Waals surface area contributed by atoms with E-state index in [-0.39, 0.29) is 5.69 Å². The highest BCUT2D eigenvalue weighted by Crippen LogP contribution is 2.20. The van der Waals surface area contributed by atoms with Crippen LogP contribution >= 0.6 is 23.4 Å². The minimum Gasteiger partial charge on any atom is -0.216 e. The molecule has 1 heterocycles. The molecule has 1 aromatic carbocycles. The largest absolute Gasteiger partial charge is 0.449 e. The topological polar surface area (TPSA) is 41.7 Å². The van der Waals surface area contributed by atoms with E-state index >= 15 is 0 Å². The van der Waals surface area contributed by atoms with E-state index in [4.69, 9.17) is 11.6 Å². The zero-order valence-corrected chi connectivity index (χ0v) is 10.8. The quantitative estimate of drug-likeness (QED) is 0.666. The standard InChI is InChI=1S/C10H9ClFN3OS/c1-14-10(17-2)15(9(16)13-14)8-4-3-6(11)5-7(8)12/h3-5H,1-2H3/p+1. The van der Waals surface area contributed by atoms with E-state index < -0.39 is 11.5 Å². The van der Waals surface area contributed by atoms with Gasteiger partial charge >= 0.3 is 10.8 Å². The van der Waals surface area contributed by atoms with Crippen LogP contribution in [0.2, 0.25) is 5.02 Å². The number of rotatable bonds is 2. The van der Waals surface area contributed by atoms with Gasteiger partial charge in [0.05, 0.1) is 0 Å². The first-order valence-electron chi connectivity index (χ1n) is 4.75. The molecule has 2 rings (SSSR count). The molecule has 7 heteroatoms. The smallest absolute Gasteiger partial charge is 0.216 e. The Morgan fingerprint density at radius 1 is 1.53 bits per heavy atom. The van der Waals surface area contributed by atoms with Crippen molar-refractivity contribution in [3.8, 4) is 5.69 Å². The fourth-order valence-corrected chi connectivity index (χ4v) is 2.42. The molecule has 90 valence electrons. The summed E-state index contributed by atoms with van der Waals surface area (Å²) in [6, 6.07) is 4.20. The van der Waals surface area contributed by atoms with Crippen molar-refractivity contribution in [1.82, 2.24) is 9.67 Å². The number of aromatic nitrogens is 3. The van der Waals surface area contributed by atoms with E-state index in [0.29, 0.717) is 10.2 Å². The van der Waals surface area contributed by atoms with Crippen molar-refractivity contribution in [2.75, 3.05) is 6.26 Å². The van der Waals surface area contributed by atoms with Gasteiger partial charge in [0.25, 0.3) is 0 Å². The Morgan fingerprint density at radius 2 is 2.24 bits per heavy atom. The van der Waals surface area contributed by atoms with Gasteiger partial charge in [-0.3, -0.25) is 0 Å². The molecule has 17 heavy (non-hydrogen) atoms. The molecule has 0 atom stereocenters. The zero-order chi connectivity index (χ0) is 12.6. The number of aryl methyl sites for hydroxylation is 1. The number of benzene rings is 1. The molecular weight excluding hydrogens is 265 g/mol. The highest BCUT2D eigenvalue weighted by Gasteiger charge is 2.23. The second kappa shape index (κ2) is 4.54. The average molecular weight is 275 g/mol. The summed E-state index contributed by atoms with van der Waals surface area (Å²) in [5.74, 6) is -0.533. The molecular formula is C10H10ClFN3OS+. The first-order valence-corrected chi connectivity index (χ1v) is 6.35. The third-order valence-corrected chi connectivity index (χ3v) is 3.33. The van der Waals surface area contributed by atoms with Crippen molar-refractivity contribution >= 4 is 23.4 Å². The van der Waals surface area contributed by atoms with E-state index in [1.807, 2.05) is 6.26 Å². The Balaban J connectivity index is 2.72. The number of halogens is 2. The maximum absolute atomic E-state index is 13.8. The van der Waals surface area contributed by atoms with Crippen LogP contribution in [-0.2, 0) is 7.05 Å². The highest BCUT2D eigenvalue weighted by molar-refractivity contribution is 7.98. The summed E-state index contributed by atoms with van der Waals surface area (Å²) in [5, 5.41) is 3.47. The molecule has 0 saturated heterocycles. The average Bonchev–Trinajstić information content (AvgIpc) is 2.53. The molecule has 0 aliphatic rings. The molecule has 0 radical (unpaired) electrons. The van der Waals surface area contributed by atoms with Crippen LogP contribution in [0, 0.1) is 5.82 Å². The van der Waals surface area contributed by atoms with E-state index in [1.165, 1.54) is 28.5 Å². The predicted molar refractivity (Wildman–Crippen MR) is 64.3 cm³/mol. The summed E-state index contributed by atoms with van der Waals surface area (Å²) < 4.78 is 16.6. The first kappa shape index (κ1) is 12.2. The maximum atomic E-state index is 13.8. The Hall–Kier alpha value is -1.27. The Morgan fingerprint density at radius 3 is 2.82 bits per heavy atom. The number of nitrogens with one attached hydrogen (secondary N) is 1. The number of aromatic amines is 1. The lowest BCUT2D eigenvalue weighted by atomic mass is 10.3. The van der Waals surface area contributed by atoms with Crippen LogP contribution in [0.4, 0.5) is 4.39 Å². The summed E-state index contributed by atoms with van der Waals surface area (Å²) in [6.07, 6.45) is 1.81. The molecule has 1 aromatic heterocycles. The minimum absolute atomic E-state index is 0.181. The molecule has 0 aliphatic carbocycles. The van der Waals surface area contributed by atoms with Gasteiger partial charge in [-0.15, -0.1) is 9.25 Å². The number of hydrogen-bond acceptors (Lipinski definition) is 2. The molecule has 0 bridgehead atoms. The lowest BCUT2D eigenvalue weighted by molar-refractivity contribution is -0.764. The van der Waals surface area contributed by atoms with Crippen LogP contribution in [0.1, 0.15) is 0 Å². The van der Waals surface area contributed by atoms with Gasteiger partial charge < -0.3 is 0 Å². The van der Waals surface area contributed by atoms with E-state index in [1.54, 1.807) is 17.8 Å². The van der Waals surface area contributed by atoms with Crippen LogP contribution in [0.15, 0.2) is 28.2 Å². The second-order valence-corrected chi connectivity index (χ2v) is 4.60. The van der Waals surface area contributed by atoms with Gasteiger partial charge in [0, 0.05) is 5.02 Å². The van der Waals surface area contributed by atoms with Crippen molar-refractivity contribution in [3.63, 3.8) is 0 Å². The molecule has 0 unspecified atom stereocenters. The lowest BCUT2D eigenvalue weighted by Gasteiger charge is -1.99. The first-order chi connectivity index (χ1) is 8.04. The summed E-state index contributed by atoms with van der Waals surface area (Å²) in [7, 11) is 1.69. The van der Waals surface area contributed by atoms with Crippen molar-refractivity contribution in [2.24, 2.45) is 7.05 Å². The Kier molecular flexibility index (Phi) is 3.26. The van der Waals surface area contributed by atoms with E-state index in [9.17, 15) is 9.18 Å². The minimum atomic E-state index is -0.533. The second-order valence-electron chi connectivity index (χ2n) is 3.39. The monoisotopic (exact) mass is 274 g/mol. The van der Waals surface area contributed by atoms with Crippen LogP contribution in [0.5, 0.6) is 0 Å². The molecule has 4 nitrogen and oxygen atoms in total. The molecule has 0 spiro atoms. The fourth-order valence-electron chi connectivity index (χ4n) is 1.58. The zero-order valence-electron chi connectivity index (χ0n) is 9.20. The number of thioether (sulfide) groups is 1. The van der Waals surface area contributed by atoms with Crippen molar-refractivity contribution in [3.05, 3.63) is 39.5 Å². The summed E-state index contributed by atoms with van der Waals surface area (Å²) >= 11 is 7.02. The molecule has 2 aromatic rings. The van der Waals surface area contributed by atoms with Crippen molar-refractivity contribution < 1.29 is 9.07 Å². The van der Waals surface area contributed by atoms with Gasteiger partial charge in [0.15, 0.2) is 11.5 Å². The van der Waals surface area contributed by atoms with E-state index in [2.05, 4.69) is 5.10 Å². The maximum Gasteiger partial charge on any atom is 0.449 e. The van der Waals surface area contributed by atoms with Crippen LogP contribution in [0.25, 0.3) is 5.69 Å². The van der Waals surface area contributed by atoms with Gasteiger partial charge in [0.1, 0.15) is 7.05 Å². The SMILES string of the molecule is CSc1n(-c2ccc(Cl)cc2F)c(=O)[nH][n+]1C. The van der Waals surface area contributed by atoms with Gasteiger partial charge in [-0.25, -0.2) is 9.18 Å². The summed E-state index contributed by atoms with van der Waals surface area (Å²) in [4.78, 5) is 11.7. The van der Waals surface area contributed by atoms with Gasteiger partial charge in [-0.05, 0) is 36.2 Å². The Bertz CT molecular complexity index is 622. The van der Waals surface area contributed by atoms with Crippen molar-refractivity contribution in [1.29, 1.82) is 0 Å². The lowest BCUT2D eigenvalue weighted by Crippen LogP contribution is -2.33. The van der Waals surface area contributed by atoms with Crippen LogP contribution in [0.3, 0.4) is 0 Å².